The first-order valence-electron chi connectivity index (χ1n) is 5.13. The van der Waals surface area contributed by atoms with Gasteiger partial charge in [0.25, 0.3) is 12.9 Å². The van der Waals surface area contributed by atoms with Crippen molar-refractivity contribution >= 4 is 0 Å². The molecule has 0 aromatic rings. The molecule has 1 nitrogen and oxygen atoms in total. The predicted octanol–water partition coefficient (Wildman–Crippen LogP) is 5.26. The van der Waals surface area contributed by atoms with E-state index in [1.807, 2.05) is 0 Å². The second-order valence-corrected chi connectivity index (χ2v) is 4.16. The van der Waals surface area contributed by atoms with Crippen molar-refractivity contribution in [2.24, 2.45) is 0 Å². The molecule has 2 atom stereocenters. The van der Waals surface area contributed by atoms with Gasteiger partial charge in [0.2, 0.25) is 0 Å². The molecule has 0 heterocycles. The Balaban J connectivity index is 6.26. The van der Waals surface area contributed by atoms with Crippen molar-refractivity contribution in [3.05, 3.63) is 0 Å². The first-order chi connectivity index (χ1) is 10.6. The number of hydrogen-bond donors (Lipinski definition) is 0. The summed E-state index contributed by atoms with van der Waals surface area (Å²) in [5.74, 6) is 0. The molecular formula is C8H2F16O. The zero-order valence-corrected chi connectivity index (χ0v) is 10.6. The number of ether oxygens (including phenoxy) is 1. The third kappa shape index (κ3) is 3.55. The van der Waals surface area contributed by atoms with Crippen molar-refractivity contribution in [3.63, 3.8) is 0 Å². The van der Waals surface area contributed by atoms with Gasteiger partial charge in [-0.05, 0) is 0 Å². The molecule has 0 aliphatic rings. The van der Waals surface area contributed by atoms with Crippen molar-refractivity contribution < 1.29 is 75.0 Å². The van der Waals surface area contributed by atoms with Crippen LogP contribution in [0, 0.1) is 0 Å². The van der Waals surface area contributed by atoms with Crippen molar-refractivity contribution in [2.45, 2.75) is 48.8 Å². The fourth-order valence-electron chi connectivity index (χ4n) is 1.14. The molecule has 0 spiro atoms. The van der Waals surface area contributed by atoms with E-state index in [0.29, 0.717) is 0 Å². The highest BCUT2D eigenvalue weighted by Gasteiger charge is 2.85. The molecule has 0 saturated carbocycles. The average molecular weight is 418 g/mol. The highest BCUT2D eigenvalue weighted by Crippen LogP contribution is 2.56. The number of rotatable bonds is 6. The molecule has 0 rings (SSSR count). The zero-order valence-electron chi connectivity index (χ0n) is 10.6. The quantitative estimate of drug-likeness (QED) is 0.535. The molecule has 0 amide bonds. The van der Waals surface area contributed by atoms with Crippen LogP contribution in [-0.4, -0.2) is 48.8 Å². The van der Waals surface area contributed by atoms with E-state index in [1.54, 1.807) is 0 Å². The Morgan fingerprint density at radius 2 is 0.640 bits per heavy atom. The van der Waals surface area contributed by atoms with E-state index in [9.17, 15) is 70.2 Å². The topological polar surface area (TPSA) is 9.23 Å². The fourth-order valence-corrected chi connectivity index (χ4v) is 1.14. The molecule has 0 aromatic heterocycles. The SMILES string of the molecule is FC(F)C(F)(C(F)(F)F)C(F)(F)OC(F)(F)C(F)(C(F)F)C(F)(F)F. The number of halogens is 16. The molecule has 0 aliphatic carbocycles. The van der Waals surface area contributed by atoms with E-state index in [-0.39, 0.29) is 0 Å². The highest BCUT2D eigenvalue weighted by atomic mass is 19.4. The van der Waals surface area contributed by atoms with Gasteiger partial charge in [-0.25, -0.2) is 31.1 Å². The number of alkyl halides is 16. The Labute approximate surface area is 125 Å². The molecule has 0 saturated heterocycles. The lowest BCUT2D eigenvalue weighted by Gasteiger charge is -2.39. The van der Waals surface area contributed by atoms with Crippen molar-refractivity contribution in [1.82, 2.24) is 0 Å². The van der Waals surface area contributed by atoms with Crippen molar-refractivity contribution in [2.75, 3.05) is 0 Å². The normalized spacial score (nSPS) is 19.9. The minimum absolute atomic E-state index is 1.31. The molecule has 152 valence electrons. The van der Waals surface area contributed by atoms with Gasteiger partial charge in [0.1, 0.15) is 0 Å². The van der Waals surface area contributed by atoms with Gasteiger partial charge in [-0.2, -0.15) is 43.9 Å². The lowest BCUT2D eigenvalue weighted by molar-refractivity contribution is -0.498. The summed E-state index contributed by atoms with van der Waals surface area (Å²) in [5.41, 5.74) is -14.8. The van der Waals surface area contributed by atoms with E-state index in [0.717, 1.165) is 0 Å². The largest absolute Gasteiger partial charge is 0.437 e. The Kier molecular flexibility index (Phi) is 5.93. The maximum Gasteiger partial charge on any atom is 0.437 e. The number of hydrogen-bond acceptors (Lipinski definition) is 1. The Morgan fingerprint density at radius 3 is 0.760 bits per heavy atom. The standard InChI is InChI=1S/C8H2F16O/c9-1(10)3(13,5(15,16)17)7(21,22)25-8(23,24)4(14,2(11)12)6(18,19)20/h1-2H. The third-order valence-electron chi connectivity index (χ3n) is 2.53. The van der Waals surface area contributed by atoms with Crippen LogP contribution in [0.3, 0.4) is 0 Å². The van der Waals surface area contributed by atoms with E-state index in [4.69, 9.17) is 0 Å². The molecule has 0 bridgehead atoms. The molecular weight excluding hydrogens is 416 g/mol. The third-order valence-corrected chi connectivity index (χ3v) is 2.53. The van der Waals surface area contributed by atoms with Crippen LogP contribution < -0.4 is 0 Å². The Morgan fingerprint density at radius 1 is 0.440 bits per heavy atom. The lowest BCUT2D eigenvalue weighted by atomic mass is 10.0. The predicted molar refractivity (Wildman–Crippen MR) is 42.8 cm³/mol. The second-order valence-electron chi connectivity index (χ2n) is 4.16. The van der Waals surface area contributed by atoms with Crippen LogP contribution in [0.1, 0.15) is 0 Å². The van der Waals surface area contributed by atoms with Crippen molar-refractivity contribution in [3.8, 4) is 0 Å². The highest BCUT2D eigenvalue weighted by molar-refractivity contribution is 5.02. The zero-order chi connectivity index (χ0) is 20.9. The first kappa shape index (κ1) is 23.8. The Hall–Kier alpha value is -1.16. The summed E-state index contributed by atoms with van der Waals surface area (Å²) < 4.78 is 198. The smallest absolute Gasteiger partial charge is 0.249 e. The first-order valence-corrected chi connectivity index (χ1v) is 5.13. The van der Waals surface area contributed by atoms with E-state index < -0.39 is 48.8 Å². The molecule has 17 heteroatoms. The van der Waals surface area contributed by atoms with E-state index >= 15 is 0 Å². The van der Waals surface area contributed by atoms with Gasteiger partial charge in [0, 0.05) is 0 Å². The van der Waals surface area contributed by atoms with Crippen LogP contribution in [0.2, 0.25) is 0 Å². The van der Waals surface area contributed by atoms with Crippen LogP contribution >= 0.6 is 0 Å². The molecule has 0 aromatic carbocycles. The maximum atomic E-state index is 12.9. The summed E-state index contributed by atoms with van der Waals surface area (Å²) in [6, 6.07) is 0. The Bertz CT molecular complexity index is 422. The summed E-state index contributed by atoms with van der Waals surface area (Å²) >= 11 is 0. The molecule has 2 unspecified atom stereocenters. The van der Waals surface area contributed by atoms with Crippen molar-refractivity contribution in [1.29, 1.82) is 0 Å². The van der Waals surface area contributed by atoms with Crippen LogP contribution in [0.5, 0.6) is 0 Å². The average Bonchev–Trinajstić information content (AvgIpc) is 2.31. The van der Waals surface area contributed by atoms with Gasteiger partial charge in [0.05, 0.1) is 0 Å². The minimum atomic E-state index is -7.61. The van der Waals surface area contributed by atoms with E-state index in [2.05, 4.69) is 0 Å². The van der Waals surface area contributed by atoms with Gasteiger partial charge in [-0.3, -0.25) is 0 Å². The second kappa shape index (κ2) is 6.22. The molecule has 0 aliphatic heterocycles. The van der Waals surface area contributed by atoms with Gasteiger partial charge in [-0.15, -0.1) is 0 Å². The summed E-state index contributed by atoms with van der Waals surface area (Å²) in [6.45, 7) is 0. The minimum Gasteiger partial charge on any atom is -0.249 e. The van der Waals surface area contributed by atoms with E-state index in [1.165, 1.54) is 4.74 Å². The van der Waals surface area contributed by atoms with Crippen LogP contribution in [0.15, 0.2) is 0 Å². The molecule has 0 N–H and O–H groups in total. The van der Waals surface area contributed by atoms with Gasteiger partial charge < -0.3 is 0 Å². The summed E-state index contributed by atoms with van der Waals surface area (Å²) in [7, 11) is 0. The molecule has 0 radical (unpaired) electrons. The van der Waals surface area contributed by atoms with Crippen LogP contribution in [0.25, 0.3) is 0 Å². The van der Waals surface area contributed by atoms with Crippen LogP contribution in [0.4, 0.5) is 70.2 Å². The fraction of sp³-hybridized carbons (Fsp3) is 1.00. The van der Waals surface area contributed by atoms with Gasteiger partial charge >= 0.3 is 35.9 Å². The summed E-state index contributed by atoms with van der Waals surface area (Å²) in [6.07, 6.45) is -42.0. The molecule has 0 fully saturated rings. The van der Waals surface area contributed by atoms with Crippen LogP contribution in [-0.2, 0) is 4.74 Å². The monoisotopic (exact) mass is 418 g/mol. The van der Waals surface area contributed by atoms with Gasteiger partial charge in [-0.1, -0.05) is 0 Å². The maximum absolute atomic E-state index is 12.9. The lowest BCUT2D eigenvalue weighted by Crippen LogP contribution is -2.68. The summed E-state index contributed by atoms with van der Waals surface area (Å²) in [5, 5.41) is 0. The summed E-state index contributed by atoms with van der Waals surface area (Å²) in [4.78, 5) is 0. The molecule has 25 heavy (non-hydrogen) atoms. The van der Waals surface area contributed by atoms with Gasteiger partial charge in [0.15, 0.2) is 0 Å².